The summed E-state index contributed by atoms with van der Waals surface area (Å²) in [6.07, 6.45) is 0.952. The molecule has 1 aromatic heterocycles. The minimum absolute atomic E-state index is 0.166. The van der Waals surface area contributed by atoms with Crippen LogP contribution in [0, 0.1) is 17.2 Å². The highest BCUT2D eigenvalue weighted by molar-refractivity contribution is 7.10. The fourth-order valence-corrected chi connectivity index (χ4v) is 2.48. The van der Waals surface area contributed by atoms with E-state index in [0.29, 0.717) is 11.4 Å². The van der Waals surface area contributed by atoms with Crippen LogP contribution >= 0.6 is 11.3 Å². The molecule has 0 aromatic carbocycles. The number of hydrogen-bond acceptors (Lipinski definition) is 3. The number of amides is 1. The summed E-state index contributed by atoms with van der Waals surface area (Å²) in [6, 6.07) is 3.97. The first-order valence-corrected chi connectivity index (χ1v) is 5.85. The van der Waals surface area contributed by atoms with Gasteiger partial charge in [0, 0.05) is 19.0 Å². The first-order valence-electron chi connectivity index (χ1n) is 4.97. The van der Waals surface area contributed by atoms with Crippen LogP contribution in [-0.4, -0.2) is 17.4 Å². The number of thiophene rings is 1. The Morgan fingerprint density at radius 3 is 3.07 bits per heavy atom. The van der Waals surface area contributed by atoms with Gasteiger partial charge in [0.15, 0.2) is 0 Å². The zero-order chi connectivity index (χ0) is 10.8. The third-order valence-corrected chi connectivity index (χ3v) is 3.59. The largest absolute Gasteiger partial charge is 0.338 e. The predicted molar refractivity (Wildman–Crippen MR) is 58.2 cm³/mol. The van der Waals surface area contributed by atoms with Gasteiger partial charge in [-0.15, -0.1) is 11.3 Å². The number of nitrogens with zero attached hydrogens (tertiary/aromatic N) is 2. The van der Waals surface area contributed by atoms with Crippen molar-refractivity contribution in [2.45, 2.75) is 19.9 Å². The molecule has 1 aromatic rings. The zero-order valence-corrected chi connectivity index (χ0v) is 9.38. The molecule has 0 saturated carbocycles. The highest BCUT2D eigenvalue weighted by Gasteiger charge is 2.27. The molecule has 78 valence electrons. The smallest absolute Gasteiger partial charge is 0.225 e. The molecule has 4 heteroatoms. The summed E-state index contributed by atoms with van der Waals surface area (Å²) >= 11 is 1.44. The van der Waals surface area contributed by atoms with E-state index in [1.54, 1.807) is 0 Å². The van der Waals surface area contributed by atoms with E-state index in [1.807, 2.05) is 23.3 Å². The van der Waals surface area contributed by atoms with E-state index in [1.165, 1.54) is 11.3 Å². The molecular formula is C11H12N2OS. The predicted octanol–water partition coefficient (Wildman–Crippen LogP) is 1.99. The van der Waals surface area contributed by atoms with Crippen LogP contribution in [0.3, 0.4) is 0 Å². The van der Waals surface area contributed by atoms with Gasteiger partial charge in [-0.2, -0.15) is 5.26 Å². The second kappa shape index (κ2) is 4.03. The second-order valence-corrected chi connectivity index (χ2v) is 4.79. The second-order valence-electron chi connectivity index (χ2n) is 3.88. The fraction of sp³-hybridized carbons (Fsp3) is 0.455. The lowest BCUT2D eigenvalue weighted by atomic mass is 10.1. The van der Waals surface area contributed by atoms with Crippen LogP contribution in [0.25, 0.3) is 0 Å². The molecule has 0 N–H and O–H groups in total. The van der Waals surface area contributed by atoms with Gasteiger partial charge in [0.25, 0.3) is 0 Å². The first kappa shape index (κ1) is 10.2. The van der Waals surface area contributed by atoms with Crippen molar-refractivity contribution in [3.8, 4) is 6.07 Å². The minimum atomic E-state index is 0.166. The van der Waals surface area contributed by atoms with Crippen LogP contribution in [-0.2, 0) is 11.3 Å². The van der Waals surface area contributed by atoms with Crippen LogP contribution in [0.5, 0.6) is 0 Å². The summed E-state index contributed by atoms with van der Waals surface area (Å²) in [7, 11) is 0. The summed E-state index contributed by atoms with van der Waals surface area (Å²) in [4.78, 5) is 14.2. The van der Waals surface area contributed by atoms with Gasteiger partial charge in [-0.05, 0) is 23.4 Å². The van der Waals surface area contributed by atoms with Gasteiger partial charge in [0.1, 0.15) is 10.9 Å². The summed E-state index contributed by atoms with van der Waals surface area (Å²) in [5.74, 6) is 0.402. The van der Waals surface area contributed by atoms with Crippen LogP contribution in [0.1, 0.15) is 23.8 Å². The van der Waals surface area contributed by atoms with Crippen molar-refractivity contribution >= 4 is 17.2 Å². The lowest BCUT2D eigenvalue weighted by Gasteiger charge is -2.14. The van der Waals surface area contributed by atoms with Gasteiger partial charge in [-0.25, -0.2) is 0 Å². The topological polar surface area (TPSA) is 44.1 Å². The van der Waals surface area contributed by atoms with Crippen molar-refractivity contribution < 1.29 is 4.79 Å². The molecule has 2 heterocycles. The Morgan fingerprint density at radius 1 is 1.73 bits per heavy atom. The van der Waals surface area contributed by atoms with Crippen LogP contribution in [0.2, 0.25) is 0 Å². The molecule has 0 bridgehead atoms. The van der Waals surface area contributed by atoms with Gasteiger partial charge in [0.05, 0.1) is 0 Å². The molecule has 0 aliphatic carbocycles. The maximum absolute atomic E-state index is 11.7. The molecule has 1 saturated heterocycles. The highest BCUT2D eigenvalue weighted by atomic mass is 32.1. The fourth-order valence-electron chi connectivity index (χ4n) is 1.79. The number of carbonyl (C=O) groups is 1. The molecule has 1 amide bonds. The number of hydrogen-bond donors (Lipinski definition) is 0. The van der Waals surface area contributed by atoms with Gasteiger partial charge in [-0.3, -0.25) is 4.79 Å². The SMILES string of the molecule is C[C@H]1CCN(Cc2csc(C#N)c2)C1=O. The van der Waals surface area contributed by atoms with E-state index in [-0.39, 0.29) is 11.8 Å². The number of rotatable bonds is 2. The average molecular weight is 220 g/mol. The van der Waals surface area contributed by atoms with Gasteiger partial charge in [-0.1, -0.05) is 6.92 Å². The highest BCUT2D eigenvalue weighted by Crippen LogP contribution is 2.21. The summed E-state index contributed by atoms with van der Waals surface area (Å²) in [5.41, 5.74) is 1.07. The molecule has 0 spiro atoms. The molecule has 15 heavy (non-hydrogen) atoms. The molecular weight excluding hydrogens is 208 g/mol. The van der Waals surface area contributed by atoms with E-state index in [2.05, 4.69) is 6.07 Å². The normalized spacial score (nSPS) is 20.7. The Bertz CT molecular complexity index is 418. The van der Waals surface area contributed by atoms with Crippen LogP contribution in [0.15, 0.2) is 11.4 Å². The van der Waals surface area contributed by atoms with Crippen molar-refractivity contribution in [1.82, 2.24) is 4.90 Å². The van der Waals surface area contributed by atoms with Crippen molar-refractivity contribution in [2.24, 2.45) is 5.92 Å². The zero-order valence-electron chi connectivity index (χ0n) is 8.56. The Labute approximate surface area is 92.9 Å². The molecule has 1 aliphatic heterocycles. The van der Waals surface area contributed by atoms with Crippen molar-refractivity contribution in [1.29, 1.82) is 5.26 Å². The monoisotopic (exact) mass is 220 g/mol. The van der Waals surface area contributed by atoms with Crippen molar-refractivity contribution in [3.05, 3.63) is 21.9 Å². The number of carbonyl (C=O) groups excluding carboxylic acids is 1. The maximum Gasteiger partial charge on any atom is 0.225 e. The Morgan fingerprint density at radius 2 is 2.53 bits per heavy atom. The van der Waals surface area contributed by atoms with E-state index in [9.17, 15) is 4.79 Å². The summed E-state index contributed by atoms with van der Waals surface area (Å²) in [5, 5.41) is 10.6. The average Bonchev–Trinajstić information content (AvgIpc) is 2.80. The van der Waals surface area contributed by atoms with Gasteiger partial charge in [0.2, 0.25) is 5.91 Å². The molecule has 1 aliphatic rings. The molecule has 1 atom stereocenters. The van der Waals surface area contributed by atoms with E-state index in [4.69, 9.17) is 5.26 Å². The minimum Gasteiger partial charge on any atom is -0.338 e. The van der Waals surface area contributed by atoms with E-state index < -0.39 is 0 Å². The maximum atomic E-state index is 11.7. The Kier molecular flexibility index (Phi) is 2.74. The van der Waals surface area contributed by atoms with Crippen LogP contribution < -0.4 is 0 Å². The molecule has 0 unspecified atom stereocenters. The molecule has 0 radical (unpaired) electrons. The molecule has 2 rings (SSSR count). The lowest BCUT2D eigenvalue weighted by Crippen LogP contribution is -2.25. The standard InChI is InChI=1S/C11H12N2OS/c1-8-2-3-13(11(8)14)6-9-4-10(5-12)15-7-9/h4,7-8H,2-3,6H2,1H3/t8-/m0/s1. The van der Waals surface area contributed by atoms with Crippen LogP contribution in [0.4, 0.5) is 0 Å². The van der Waals surface area contributed by atoms with E-state index in [0.717, 1.165) is 18.5 Å². The third-order valence-electron chi connectivity index (χ3n) is 2.70. The quantitative estimate of drug-likeness (QED) is 0.765. The molecule has 3 nitrogen and oxygen atoms in total. The first-order chi connectivity index (χ1) is 7.20. The van der Waals surface area contributed by atoms with Gasteiger partial charge < -0.3 is 4.90 Å². The van der Waals surface area contributed by atoms with Crippen molar-refractivity contribution in [2.75, 3.05) is 6.54 Å². The summed E-state index contributed by atoms with van der Waals surface area (Å²) in [6.45, 7) is 3.47. The van der Waals surface area contributed by atoms with E-state index >= 15 is 0 Å². The lowest BCUT2D eigenvalue weighted by molar-refractivity contribution is -0.131. The summed E-state index contributed by atoms with van der Waals surface area (Å²) < 4.78 is 0. The third kappa shape index (κ3) is 2.02. The molecule has 1 fully saturated rings. The number of nitriles is 1. The van der Waals surface area contributed by atoms with Gasteiger partial charge >= 0.3 is 0 Å². The Hall–Kier alpha value is -1.34. The van der Waals surface area contributed by atoms with Crippen molar-refractivity contribution in [3.63, 3.8) is 0 Å². The Balaban J connectivity index is 2.04. The number of likely N-dealkylation sites (tertiary alicyclic amines) is 1.